The molecule has 0 atom stereocenters. The molecular weight excluding hydrogens is 324 g/mol. The molecule has 0 aliphatic heterocycles. The van der Waals surface area contributed by atoms with E-state index < -0.39 is 5.97 Å². The summed E-state index contributed by atoms with van der Waals surface area (Å²) in [6.07, 6.45) is 1.56. The second-order valence-corrected chi connectivity index (χ2v) is 6.75. The van der Waals surface area contributed by atoms with Gasteiger partial charge >= 0.3 is 5.97 Å². The van der Waals surface area contributed by atoms with Gasteiger partial charge in [0.25, 0.3) is 0 Å². The predicted molar refractivity (Wildman–Crippen MR) is 95.4 cm³/mol. The SMILES string of the molecule is CCCOc1ccc(-c2c(C)sc3nc(CC)c(C(=O)O)n23)cc1. The van der Waals surface area contributed by atoms with E-state index in [-0.39, 0.29) is 5.69 Å². The molecule has 0 aliphatic carbocycles. The normalized spacial score (nSPS) is 11.1. The lowest BCUT2D eigenvalue weighted by Crippen LogP contribution is -2.06. The van der Waals surface area contributed by atoms with E-state index in [0.29, 0.717) is 18.7 Å². The van der Waals surface area contributed by atoms with Gasteiger partial charge in [-0.1, -0.05) is 13.8 Å². The summed E-state index contributed by atoms with van der Waals surface area (Å²) in [6.45, 7) is 6.67. The first-order valence-electron chi connectivity index (χ1n) is 8.04. The fourth-order valence-corrected chi connectivity index (χ4v) is 3.80. The minimum absolute atomic E-state index is 0.262. The highest BCUT2D eigenvalue weighted by Crippen LogP contribution is 2.34. The number of carboxylic acids is 1. The quantitative estimate of drug-likeness (QED) is 0.719. The molecular formula is C18H20N2O3S. The fourth-order valence-electron chi connectivity index (χ4n) is 2.79. The molecule has 126 valence electrons. The minimum atomic E-state index is -0.943. The number of thiazole rings is 1. The van der Waals surface area contributed by atoms with E-state index in [4.69, 9.17) is 4.74 Å². The van der Waals surface area contributed by atoms with Crippen LogP contribution in [0.4, 0.5) is 0 Å². The maximum Gasteiger partial charge on any atom is 0.354 e. The molecule has 3 aromatic rings. The number of carboxylic acid groups (broad SMARTS) is 1. The number of rotatable bonds is 6. The largest absolute Gasteiger partial charge is 0.494 e. The van der Waals surface area contributed by atoms with Gasteiger partial charge in [-0.25, -0.2) is 9.78 Å². The Labute approximate surface area is 144 Å². The zero-order valence-electron chi connectivity index (χ0n) is 14.0. The monoisotopic (exact) mass is 344 g/mol. The number of aromatic carboxylic acids is 1. The van der Waals surface area contributed by atoms with Gasteiger partial charge in [0, 0.05) is 4.88 Å². The van der Waals surface area contributed by atoms with Crippen molar-refractivity contribution >= 4 is 22.3 Å². The standard InChI is InChI=1S/C18H20N2O3S/c1-4-10-23-13-8-6-12(7-9-13)15-11(3)24-18-19-14(5-2)16(17(21)22)20(15)18/h6-9H,4-5,10H2,1-3H3,(H,21,22). The summed E-state index contributed by atoms with van der Waals surface area (Å²) in [5, 5.41) is 9.63. The van der Waals surface area contributed by atoms with Crippen molar-refractivity contribution in [2.45, 2.75) is 33.6 Å². The summed E-state index contributed by atoms with van der Waals surface area (Å²) in [4.78, 5) is 18.0. The van der Waals surface area contributed by atoms with Crippen molar-refractivity contribution in [2.75, 3.05) is 6.61 Å². The molecule has 2 aromatic heterocycles. The molecule has 2 heterocycles. The lowest BCUT2D eigenvalue weighted by molar-refractivity contribution is 0.0688. The second-order valence-electron chi connectivity index (χ2n) is 5.56. The van der Waals surface area contributed by atoms with Gasteiger partial charge in [-0.05, 0) is 49.6 Å². The summed E-state index contributed by atoms with van der Waals surface area (Å²) in [5.74, 6) is -0.121. The van der Waals surface area contributed by atoms with Gasteiger partial charge in [0.1, 0.15) is 5.75 Å². The van der Waals surface area contributed by atoms with Crippen LogP contribution in [0.2, 0.25) is 0 Å². The van der Waals surface area contributed by atoms with Crippen LogP contribution in [0.1, 0.15) is 41.3 Å². The van der Waals surface area contributed by atoms with E-state index in [9.17, 15) is 9.90 Å². The van der Waals surface area contributed by atoms with Crippen molar-refractivity contribution in [3.05, 3.63) is 40.5 Å². The number of aryl methyl sites for hydroxylation is 2. The zero-order valence-corrected chi connectivity index (χ0v) is 14.8. The van der Waals surface area contributed by atoms with Gasteiger partial charge in [0.2, 0.25) is 0 Å². The van der Waals surface area contributed by atoms with E-state index >= 15 is 0 Å². The number of imidazole rings is 1. The first kappa shape index (κ1) is 16.5. The van der Waals surface area contributed by atoms with E-state index in [1.807, 2.05) is 38.1 Å². The van der Waals surface area contributed by atoms with Gasteiger partial charge in [-0.3, -0.25) is 4.40 Å². The molecule has 0 amide bonds. The molecule has 24 heavy (non-hydrogen) atoms. The number of hydrogen-bond acceptors (Lipinski definition) is 4. The molecule has 0 unspecified atom stereocenters. The molecule has 0 spiro atoms. The van der Waals surface area contributed by atoms with E-state index in [0.717, 1.165) is 33.3 Å². The Bertz CT molecular complexity index is 878. The third-order valence-corrected chi connectivity index (χ3v) is 4.81. The maximum atomic E-state index is 11.7. The molecule has 1 aromatic carbocycles. The van der Waals surface area contributed by atoms with Crippen LogP contribution in [0.25, 0.3) is 16.2 Å². The Morgan fingerprint density at radius 2 is 2.00 bits per heavy atom. The Hall–Kier alpha value is -2.34. The minimum Gasteiger partial charge on any atom is -0.494 e. The van der Waals surface area contributed by atoms with Crippen molar-refractivity contribution in [3.63, 3.8) is 0 Å². The first-order chi connectivity index (χ1) is 11.6. The van der Waals surface area contributed by atoms with Crippen molar-refractivity contribution in [2.24, 2.45) is 0 Å². The van der Waals surface area contributed by atoms with Crippen molar-refractivity contribution < 1.29 is 14.6 Å². The highest BCUT2D eigenvalue weighted by molar-refractivity contribution is 7.17. The fraction of sp³-hybridized carbons (Fsp3) is 0.333. The summed E-state index contributed by atoms with van der Waals surface area (Å²) in [6, 6.07) is 7.78. The van der Waals surface area contributed by atoms with Crippen LogP contribution in [0.3, 0.4) is 0 Å². The van der Waals surface area contributed by atoms with Gasteiger partial charge < -0.3 is 9.84 Å². The van der Waals surface area contributed by atoms with Crippen LogP contribution in [-0.2, 0) is 6.42 Å². The van der Waals surface area contributed by atoms with Gasteiger partial charge in [-0.15, -0.1) is 11.3 Å². The van der Waals surface area contributed by atoms with Crippen LogP contribution in [0.15, 0.2) is 24.3 Å². The summed E-state index contributed by atoms with van der Waals surface area (Å²) < 4.78 is 7.38. The highest BCUT2D eigenvalue weighted by atomic mass is 32.1. The maximum absolute atomic E-state index is 11.7. The van der Waals surface area contributed by atoms with E-state index in [1.54, 1.807) is 4.40 Å². The second kappa shape index (κ2) is 6.65. The number of carbonyl (C=O) groups is 1. The summed E-state index contributed by atoms with van der Waals surface area (Å²) in [7, 11) is 0. The number of ether oxygens (including phenoxy) is 1. The molecule has 0 saturated carbocycles. The van der Waals surface area contributed by atoms with Crippen molar-refractivity contribution in [1.29, 1.82) is 0 Å². The van der Waals surface area contributed by atoms with Crippen molar-refractivity contribution in [1.82, 2.24) is 9.38 Å². The highest BCUT2D eigenvalue weighted by Gasteiger charge is 2.23. The van der Waals surface area contributed by atoms with Crippen molar-refractivity contribution in [3.8, 4) is 17.0 Å². The molecule has 5 nitrogen and oxygen atoms in total. The summed E-state index contributed by atoms with van der Waals surface area (Å²) >= 11 is 1.52. The average molecular weight is 344 g/mol. The van der Waals surface area contributed by atoms with E-state index in [2.05, 4.69) is 11.9 Å². The average Bonchev–Trinajstić information content (AvgIpc) is 3.07. The molecule has 3 rings (SSSR count). The van der Waals surface area contributed by atoms with Crippen LogP contribution in [0.5, 0.6) is 5.75 Å². The van der Waals surface area contributed by atoms with Crippen LogP contribution < -0.4 is 4.74 Å². The number of nitrogens with zero attached hydrogens (tertiary/aromatic N) is 2. The Balaban J connectivity index is 2.13. The van der Waals surface area contributed by atoms with Gasteiger partial charge in [-0.2, -0.15) is 0 Å². The Morgan fingerprint density at radius 1 is 1.29 bits per heavy atom. The van der Waals surface area contributed by atoms with Crippen LogP contribution in [0, 0.1) is 6.92 Å². The smallest absolute Gasteiger partial charge is 0.354 e. The van der Waals surface area contributed by atoms with E-state index in [1.165, 1.54) is 11.3 Å². The third kappa shape index (κ3) is 2.78. The zero-order chi connectivity index (χ0) is 17.3. The topological polar surface area (TPSA) is 63.8 Å². The Kier molecular flexibility index (Phi) is 4.57. The molecule has 0 saturated heterocycles. The lowest BCUT2D eigenvalue weighted by atomic mass is 10.1. The third-order valence-electron chi connectivity index (χ3n) is 3.86. The van der Waals surface area contributed by atoms with Gasteiger partial charge in [0.15, 0.2) is 10.7 Å². The molecule has 0 radical (unpaired) electrons. The lowest BCUT2D eigenvalue weighted by Gasteiger charge is -2.08. The molecule has 0 fully saturated rings. The molecule has 0 bridgehead atoms. The molecule has 1 N–H and O–H groups in total. The number of hydrogen-bond donors (Lipinski definition) is 1. The molecule has 0 aliphatic rings. The number of aromatic nitrogens is 2. The summed E-state index contributed by atoms with van der Waals surface area (Å²) in [5.41, 5.74) is 2.74. The predicted octanol–water partition coefficient (Wildman–Crippen LogP) is 4.42. The first-order valence-corrected chi connectivity index (χ1v) is 8.85. The van der Waals surface area contributed by atoms with Crippen LogP contribution >= 0.6 is 11.3 Å². The number of fused-ring (bicyclic) bond motifs is 1. The van der Waals surface area contributed by atoms with Gasteiger partial charge in [0.05, 0.1) is 18.0 Å². The number of benzene rings is 1. The van der Waals surface area contributed by atoms with Crippen LogP contribution in [-0.4, -0.2) is 27.1 Å². The Morgan fingerprint density at radius 3 is 2.58 bits per heavy atom. The molecule has 6 heteroatoms.